The van der Waals surface area contributed by atoms with Gasteiger partial charge in [0.1, 0.15) is 61.7 Å². The van der Waals surface area contributed by atoms with Gasteiger partial charge in [0.05, 0.1) is 26.9 Å². The standard InChI is InChI=1S/C12H18O4.C10H16O2.C9H7Cl2FN2.C9H9FN2O2.C7H9FO2.C7H10O3.C5H8O.C4H8O.Cl3OP.ClH.K/c1-12(2,8-7-10(13)14-3)16-11-6-4-5-9-15-11;1-4-10(2,3)12-9-7-5-6-8-11-9;1-9(2,12)6-3-7(10)14-8(11)5(6)4-13;1-9(2,10)6-3-7(13)12-8(14)5(6)4-11;1-7(2,8)5-4-6(9)10-3;1-7(2,9)5-4-6(8)10-3;1-4-5(2,3)6;1-2-4-5-3-1;1-5(2,3)4;;/h11H,4-6,9H2,1-3H3;1,9H,5-8H2,2-3H3;3H,1-2H3;3H,1-2H3,(H2,12,13,14);1-3H3;9H,1-3H3;1,6H,2-3H3;1-4H2;;1H;/q;;;;;;;;;;+1/p-1. The number of terminal acetylenes is 2. The number of aromatic nitrogens is 2. The largest absolute Gasteiger partial charge is 1.00 e. The Morgan fingerprint density at radius 3 is 1.31 bits per heavy atom. The van der Waals surface area contributed by atoms with Gasteiger partial charge in [-0.05, 0) is 200 Å². The number of nitrogens with zero attached hydrogens (tertiary/aromatic N) is 3. The Hall–Kier alpha value is -3.79. The number of esters is 3. The second-order valence-electron chi connectivity index (χ2n) is 22.2. The second kappa shape index (κ2) is 50.5. The van der Waals surface area contributed by atoms with Gasteiger partial charge in [0, 0.05) is 55.3 Å². The van der Waals surface area contributed by atoms with Crippen molar-refractivity contribution >= 4 is 92.4 Å². The van der Waals surface area contributed by atoms with Crippen molar-refractivity contribution in [2.45, 2.75) is 200 Å². The number of nitriles is 2. The molecule has 0 radical (unpaired) electrons. The smallest absolute Gasteiger partial charge is 0.860 e. The van der Waals surface area contributed by atoms with Gasteiger partial charge in [0.2, 0.25) is 0 Å². The fourth-order valence-electron chi connectivity index (χ4n) is 5.77. The molecule has 3 aliphatic rings. The van der Waals surface area contributed by atoms with E-state index in [4.69, 9.17) is 80.5 Å². The maximum atomic E-state index is 13.6. The average Bonchev–Trinajstić information content (AvgIpc) is 0.852. The SMILES string of the molecule is C#CC(C)(C)O.C#CC(C)(C)OC1CCCCO1.C1CCOC1.CC(C)(F)c1cc(Cl)nc(Cl)c1C#N.CC(C)(F)c1cc([O-])[nH]c(=O)c1C#N.COC(=O)C#CC(C)(C)F.COC(=O)C#CC(C)(C)O.COC(=O)C#CC(C)(C)OC1CCCCO1.Cl.O=P(Cl)(Cl)Cl.[K+]. The quantitative estimate of drug-likeness (QED) is 0.0461. The summed E-state index contributed by atoms with van der Waals surface area (Å²) in [4.78, 5) is 48.2. The number of carbonyl (C=O) groups is 3. The zero-order chi connectivity index (χ0) is 72.5. The van der Waals surface area contributed by atoms with Crippen LogP contribution >= 0.6 is 74.5 Å². The summed E-state index contributed by atoms with van der Waals surface area (Å²) in [7, 11) is 3.73. The van der Waals surface area contributed by atoms with Crippen molar-refractivity contribution in [1.29, 1.82) is 10.5 Å². The Bertz CT molecular complexity index is 3040. The average molecular weight is 1490 g/mol. The third-order valence-corrected chi connectivity index (χ3v) is 10.5. The number of nitrogens with one attached hydrogen (secondary N) is 1. The first-order chi connectivity index (χ1) is 41.9. The summed E-state index contributed by atoms with van der Waals surface area (Å²) in [5.74, 6) is 15.7. The van der Waals surface area contributed by atoms with Gasteiger partial charge >= 0.3 is 74.5 Å². The molecule has 2 atom stereocenters. The van der Waals surface area contributed by atoms with Crippen molar-refractivity contribution in [3.63, 3.8) is 0 Å². The molecule has 2 aromatic rings. The minimum Gasteiger partial charge on any atom is -0.860 e. The molecule has 0 spiro atoms. The first-order valence-electron chi connectivity index (χ1n) is 27.6. The zero-order valence-corrected chi connectivity index (χ0v) is 64.9. The molecule has 0 aliphatic carbocycles. The summed E-state index contributed by atoms with van der Waals surface area (Å²) >= 11 is 25.1. The molecule has 3 fully saturated rings. The molecule has 0 saturated carbocycles. The zero-order valence-electron chi connectivity index (χ0n) is 56.3. The van der Waals surface area contributed by atoms with Gasteiger partial charge in [-0.25, -0.2) is 32.5 Å². The number of alkyl halides is 3. The fourth-order valence-corrected chi connectivity index (χ4v) is 6.25. The van der Waals surface area contributed by atoms with E-state index < -0.39 is 74.0 Å². The number of ether oxygens (including phenoxy) is 8. The minimum atomic E-state index is -3.22. The van der Waals surface area contributed by atoms with Crippen molar-refractivity contribution < 1.29 is 137 Å². The molecule has 2 unspecified atom stereocenters. The van der Waals surface area contributed by atoms with E-state index in [-0.39, 0.29) is 109 Å². The molecule has 3 N–H and O–H groups in total. The number of H-pyrrole nitrogens is 1. The van der Waals surface area contributed by atoms with Crippen LogP contribution in [-0.2, 0) is 68.2 Å². The molecule has 522 valence electrons. The third kappa shape index (κ3) is 60.6. The van der Waals surface area contributed by atoms with Gasteiger partial charge in [0.15, 0.2) is 18.2 Å². The van der Waals surface area contributed by atoms with Crippen molar-refractivity contribution in [3.8, 4) is 78.2 Å². The van der Waals surface area contributed by atoms with E-state index in [0.717, 1.165) is 64.6 Å². The molecule has 0 bridgehead atoms. The number of aliphatic hydroxyl groups is 2. The van der Waals surface area contributed by atoms with Gasteiger partial charge in [0.25, 0.3) is 5.56 Å². The summed E-state index contributed by atoms with van der Waals surface area (Å²) in [5.41, 5.74) is -9.61. The van der Waals surface area contributed by atoms with Crippen molar-refractivity contribution in [1.82, 2.24) is 9.97 Å². The molecule has 20 nitrogen and oxygen atoms in total. The molecule has 31 heteroatoms. The predicted molar refractivity (Wildman–Crippen MR) is 353 cm³/mol. The Balaban J connectivity index is -0.000000236. The van der Waals surface area contributed by atoms with Crippen LogP contribution in [0.1, 0.15) is 171 Å². The van der Waals surface area contributed by atoms with Gasteiger partial charge in [-0.1, -0.05) is 52.8 Å². The van der Waals surface area contributed by atoms with Crippen LogP contribution in [0, 0.1) is 82.9 Å². The van der Waals surface area contributed by atoms with Crippen molar-refractivity contribution in [3.05, 3.63) is 55.0 Å². The number of aromatic amines is 1. The number of methoxy groups -OCH3 is 3. The Kier molecular flexibility index (Phi) is 54.4. The van der Waals surface area contributed by atoms with Crippen LogP contribution in [0.15, 0.2) is 16.9 Å². The van der Waals surface area contributed by atoms with Crippen molar-refractivity contribution in [2.75, 3.05) is 47.8 Å². The number of pyridine rings is 2. The van der Waals surface area contributed by atoms with E-state index in [1.165, 1.54) is 102 Å². The maximum Gasteiger partial charge on any atom is 1.00 e. The van der Waals surface area contributed by atoms with Crippen LogP contribution < -0.4 is 62.1 Å². The van der Waals surface area contributed by atoms with Crippen LogP contribution in [0.3, 0.4) is 0 Å². The topological polar surface area (TPSA) is 299 Å². The molecule has 94 heavy (non-hydrogen) atoms. The van der Waals surface area contributed by atoms with Gasteiger partial charge in [-0.2, -0.15) is 10.5 Å². The van der Waals surface area contributed by atoms with Crippen LogP contribution in [0.25, 0.3) is 0 Å². The monoisotopic (exact) mass is 1490 g/mol. The molecule has 0 amide bonds. The van der Waals surface area contributed by atoms with Gasteiger partial charge in [-0.3, -0.25) is 9.36 Å². The van der Waals surface area contributed by atoms with Gasteiger partial charge < -0.3 is 58.2 Å². The third-order valence-electron chi connectivity index (χ3n) is 10.1. The van der Waals surface area contributed by atoms with E-state index in [1.807, 2.05) is 24.8 Å². The maximum absolute atomic E-state index is 13.6. The first kappa shape index (κ1) is 101. The van der Waals surface area contributed by atoms with E-state index in [0.29, 0.717) is 0 Å². The van der Waals surface area contributed by atoms with E-state index in [2.05, 4.69) is 94.4 Å². The number of hydrogen-bond donors (Lipinski definition) is 3. The molecular weight excluding hydrogens is 1410 g/mol. The molecule has 3 aliphatic heterocycles. The number of carbonyl (C=O) groups excluding carboxylic acids is 3. The second-order valence-corrected chi connectivity index (χ2v) is 29.6. The number of halogens is 9. The predicted octanol–water partition coefficient (Wildman–Crippen LogP) is 9.68. The van der Waals surface area contributed by atoms with Gasteiger partial charge in [-0.15, -0.1) is 25.3 Å². The Morgan fingerprint density at radius 2 is 1.01 bits per heavy atom. The molecule has 2 aromatic heterocycles. The van der Waals surface area contributed by atoms with Crippen LogP contribution in [0.5, 0.6) is 5.88 Å². The molecule has 5 rings (SSSR count). The summed E-state index contributed by atoms with van der Waals surface area (Å²) in [6, 6.07) is 5.62. The number of rotatable bonds is 6. The Labute approximate surface area is 625 Å². The normalized spacial score (nSPS) is 14.6. The Morgan fingerprint density at radius 1 is 0.649 bits per heavy atom. The first-order valence-corrected chi connectivity index (χ1v) is 32.8. The summed E-state index contributed by atoms with van der Waals surface area (Å²) in [6.07, 6.45) is 18.7. The van der Waals surface area contributed by atoms with E-state index in [1.54, 1.807) is 39.8 Å². The summed E-state index contributed by atoms with van der Waals surface area (Å²) < 4.78 is 89.0. The van der Waals surface area contributed by atoms with Crippen LogP contribution in [0.2, 0.25) is 10.3 Å². The van der Waals surface area contributed by atoms with E-state index >= 15 is 0 Å². The minimum absolute atomic E-state index is 0. The fraction of sp³-hybridized carbons (Fsp3) is 0.603. The van der Waals surface area contributed by atoms with Crippen molar-refractivity contribution in [2.24, 2.45) is 0 Å². The number of hydrogen-bond acceptors (Lipinski definition) is 19. The van der Waals surface area contributed by atoms with Crippen LogP contribution in [-0.4, -0.2) is 126 Å². The molecular formula is C63H85Cl6F3KN4O16P. The van der Waals surface area contributed by atoms with Crippen LogP contribution in [0.4, 0.5) is 13.2 Å². The molecule has 5 heterocycles. The molecule has 0 aromatic carbocycles. The summed E-state index contributed by atoms with van der Waals surface area (Å²) in [6.45, 7) is 24.6. The molecule has 3 saturated heterocycles. The summed E-state index contributed by atoms with van der Waals surface area (Å²) in [5, 5.41) is 42.6. The van der Waals surface area contributed by atoms with E-state index in [9.17, 15) is 42.0 Å².